The normalized spacial score (nSPS) is 20.2. The van der Waals surface area contributed by atoms with Crippen molar-refractivity contribution < 1.29 is 19.1 Å². The van der Waals surface area contributed by atoms with Gasteiger partial charge >= 0.3 is 6.16 Å². The molecule has 0 amide bonds. The predicted octanol–water partition coefficient (Wildman–Crippen LogP) is 1.53. The molecule has 0 spiro atoms. The van der Waals surface area contributed by atoms with Crippen LogP contribution in [0.2, 0.25) is 0 Å². The Morgan fingerprint density at radius 2 is 2.17 bits per heavy atom. The van der Waals surface area contributed by atoms with Gasteiger partial charge in [0.25, 0.3) is 0 Å². The molecule has 1 unspecified atom stereocenters. The van der Waals surface area contributed by atoms with Crippen LogP contribution in [0.25, 0.3) is 0 Å². The number of carbonyl (C=O) groups excluding carboxylic acids is 2. The minimum atomic E-state index is -0.549. The predicted molar refractivity (Wildman–Crippen MR) is 42.9 cm³/mol. The van der Waals surface area contributed by atoms with E-state index in [9.17, 15) is 9.59 Å². The first-order valence-electron chi connectivity index (χ1n) is 3.89. The van der Waals surface area contributed by atoms with E-state index in [2.05, 4.69) is 9.47 Å². The van der Waals surface area contributed by atoms with Gasteiger partial charge in [-0.05, 0) is 13.8 Å². The van der Waals surface area contributed by atoms with Crippen LogP contribution in [0.4, 0.5) is 4.79 Å². The lowest BCUT2D eigenvalue weighted by atomic mass is 10.4. The molecule has 4 nitrogen and oxygen atoms in total. The van der Waals surface area contributed by atoms with E-state index in [1.165, 1.54) is 0 Å². The molecule has 12 heavy (non-hydrogen) atoms. The molecule has 1 aliphatic heterocycles. The van der Waals surface area contributed by atoms with E-state index < -0.39 is 6.16 Å². The van der Waals surface area contributed by atoms with Crippen LogP contribution in [-0.2, 0) is 14.3 Å². The Balaban J connectivity index is 0.000000217. The van der Waals surface area contributed by atoms with Gasteiger partial charge < -0.3 is 14.3 Å². The molecule has 0 aromatic carbocycles. The summed E-state index contributed by atoms with van der Waals surface area (Å²) >= 11 is 0. The van der Waals surface area contributed by atoms with Gasteiger partial charge in [-0.3, -0.25) is 0 Å². The van der Waals surface area contributed by atoms with Crippen LogP contribution in [0.1, 0.15) is 27.2 Å². The van der Waals surface area contributed by atoms with Crippen LogP contribution in [-0.4, -0.2) is 24.6 Å². The lowest BCUT2D eigenvalue weighted by Crippen LogP contribution is -2.01. The third-order valence-electron chi connectivity index (χ3n) is 1.23. The first kappa shape index (κ1) is 10.9. The van der Waals surface area contributed by atoms with Crippen LogP contribution >= 0.6 is 0 Å². The van der Waals surface area contributed by atoms with Gasteiger partial charge in [-0.15, -0.1) is 0 Å². The lowest BCUT2D eigenvalue weighted by molar-refractivity contribution is -0.116. The van der Waals surface area contributed by atoms with Gasteiger partial charge in [0.1, 0.15) is 18.5 Å². The van der Waals surface area contributed by atoms with Crippen molar-refractivity contribution in [2.75, 3.05) is 6.61 Å². The Morgan fingerprint density at radius 3 is 2.25 bits per heavy atom. The average Bonchev–Trinajstić information content (AvgIpc) is 2.36. The molecule has 0 radical (unpaired) electrons. The van der Waals surface area contributed by atoms with Crippen LogP contribution in [0.5, 0.6) is 0 Å². The largest absolute Gasteiger partial charge is 0.508 e. The fourth-order valence-corrected chi connectivity index (χ4v) is 0.418. The van der Waals surface area contributed by atoms with E-state index in [1.54, 1.807) is 13.8 Å². The second-order valence-corrected chi connectivity index (χ2v) is 2.55. The highest BCUT2D eigenvalue weighted by molar-refractivity contribution is 5.74. The second-order valence-electron chi connectivity index (χ2n) is 2.55. The summed E-state index contributed by atoms with van der Waals surface area (Å²) in [6.07, 6.45) is 0.0694. The van der Waals surface area contributed by atoms with Crippen molar-refractivity contribution in [2.45, 2.75) is 33.3 Å². The fraction of sp³-hybridized carbons (Fsp3) is 0.750. The molecule has 1 aliphatic rings. The lowest BCUT2D eigenvalue weighted by Gasteiger charge is -1.90. The van der Waals surface area contributed by atoms with Crippen molar-refractivity contribution >= 4 is 11.9 Å². The van der Waals surface area contributed by atoms with E-state index in [-0.39, 0.29) is 11.9 Å². The van der Waals surface area contributed by atoms with Crippen LogP contribution in [0, 0.1) is 0 Å². The Kier molecular flexibility index (Phi) is 5.08. The van der Waals surface area contributed by atoms with Gasteiger partial charge in [0.05, 0.1) is 0 Å². The summed E-state index contributed by atoms with van der Waals surface area (Å²) in [4.78, 5) is 19.8. The molecule has 1 atom stereocenters. The van der Waals surface area contributed by atoms with Crippen molar-refractivity contribution in [1.82, 2.24) is 0 Å². The van der Waals surface area contributed by atoms with Crippen LogP contribution in [0.3, 0.4) is 0 Å². The Hall–Kier alpha value is -1.06. The van der Waals surface area contributed by atoms with Crippen LogP contribution in [0.15, 0.2) is 0 Å². The zero-order valence-corrected chi connectivity index (χ0v) is 7.62. The summed E-state index contributed by atoms with van der Waals surface area (Å²) in [5.74, 6) is 0.255. The molecule has 0 aromatic rings. The van der Waals surface area contributed by atoms with Crippen molar-refractivity contribution in [3.05, 3.63) is 0 Å². The number of carbonyl (C=O) groups is 2. The molecular formula is C8H14O4. The minimum absolute atomic E-state index is 0.0486. The summed E-state index contributed by atoms with van der Waals surface area (Å²) in [5, 5.41) is 0. The van der Waals surface area contributed by atoms with Crippen molar-refractivity contribution in [3.63, 3.8) is 0 Å². The number of ether oxygens (including phenoxy) is 2. The van der Waals surface area contributed by atoms with Gasteiger partial charge in [0.15, 0.2) is 0 Å². The maximum absolute atomic E-state index is 10.0. The average molecular weight is 174 g/mol. The fourth-order valence-electron chi connectivity index (χ4n) is 0.418. The number of rotatable bonds is 1. The molecule has 1 fully saturated rings. The Morgan fingerprint density at radius 1 is 1.67 bits per heavy atom. The molecule has 1 saturated heterocycles. The van der Waals surface area contributed by atoms with Gasteiger partial charge in [-0.1, -0.05) is 6.92 Å². The molecule has 1 rings (SSSR count). The summed E-state index contributed by atoms with van der Waals surface area (Å²) in [5.41, 5.74) is 0. The Labute approximate surface area is 71.8 Å². The van der Waals surface area contributed by atoms with E-state index in [1.807, 2.05) is 6.92 Å². The third kappa shape index (κ3) is 5.70. The maximum Gasteiger partial charge on any atom is 0.508 e. The summed E-state index contributed by atoms with van der Waals surface area (Å²) in [7, 11) is 0. The van der Waals surface area contributed by atoms with Gasteiger partial charge in [0, 0.05) is 6.42 Å². The van der Waals surface area contributed by atoms with E-state index in [0.717, 1.165) is 0 Å². The number of Topliss-reactive ketones (excluding diaryl/α,β-unsaturated/α-hetero) is 1. The molecule has 0 aliphatic carbocycles. The maximum atomic E-state index is 10.0. The summed E-state index contributed by atoms with van der Waals surface area (Å²) in [6.45, 7) is 5.62. The van der Waals surface area contributed by atoms with Crippen molar-refractivity contribution in [1.29, 1.82) is 0 Å². The van der Waals surface area contributed by atoms with Gasteiger partial charge in [0.2, 0.25) is 0 Å². The standard InChI is InChI=1S/C4H6O3.C4H8O/c1-3-2-6-4(5)7-3;1-3-4(2)5/h3H,2H2,1H3;3H2,1-2H3. The van der Waals surface area contributed by atoms with Gasteiger partial charge in [-0.25, -0.2) is 4.79 Å². The smallest absolute Gasteiger partial charge is 0.430 e. The minimum Gasteiger partial charge on any atom is -0.430 e. The SMILES string of the molecule is CC1COC(=O)O1.CCC(C)=O. The van der Waals surface area contributed by atoms with Gasteiger partial charge in [-0.2, -0.15) is 0 Å². The quantitative estimate of drug-likeness (QED) is 0.565. The molecule has 0 aromatic heterocycles. The molecule has 0 bridgehead atoms. The highest BCUT2D eigenvalue weighted by Gasteiger charge is 2.19. The number of hydrogen-bond acceptors (Lipinski definition) is 4. The number of ketones is 1. The second kappa shape index (κ2) is 5.57. The van der Waals surface area contributed by atoms with E-state index in [4.69, 9.17) is 0 Å². The molecule has 0 saturated carbocycles. The zero-order valence-electron chi connectivity index (χ0n) is 7.62. The van der Waals surface area contributed by atoms with E-state index in [0.29, 0.717) is 13.0 Å². The third-order valence-corrected chi connectivity index (χ3v) is 1.23. The van der Waals surface area contributed by atoms with Crippen molar-refractivity contribution in [3.8, 4) is 0 Å². The highest BCUT2D eigenvalue weighted by Crippen LogP contribution is 2.02. The first-order chi connectivity index (χ1) is 5.56. The molecular weight excluding hydrogens is 160 g/mol. The zero-order chi connectivity index (χ0) is 9.56. The Bertz CT molecular complexity index is 164. The molecule has 4 heteroatoms. The summed E-state index contributed by atoms with van der Waals surface area (Å²) in [6, 6.07) is 0. The highest BCUT2D eigenvalue weighted by atomic mass is 16.8. The topological polar surface area (TPSA) is 52.6 Å². The first-order valence-corrected chi connectivity index (χ1v) is 3.89. The molecule has 1 heterocycles. The molecule has 0 N–H and O–H groups in total. The van der Waals surface area contributed by atoms with Crippen molar-refractivity contribution in [2.24, 2.45) is 0 Å². The number of cyclic esters (lactones) is 2. The molecule has 70 valence electrons. The monoisotopic (exact) mass is 174 g/mol. The van der Waals surface area contributed by atoms with E-state index >= 15 is 0 Å². The number of hydrogen-bond donors (Lipinski definition) is 0. The summed E-state index contributed by atoms with van der Waals surface area (Å²) < 4.78 is 8.90. The van der Waals surface area contributed by atoms with Crippen LogP contribution < -0.4 is 0 Å².